The van der Waals surface area contributed by atoms with Gasteiger partial charge in [0.2, 0.25) is 0 Å². The van der Waals surface area contributed by atoms with E-state index < -0.39 is 9.84 Å². The normalized spacial score (nSPS) is 13.0. The fraction of sp³-hybridized carbons (Fsp3) is 0.353. The molecular weight excluding hydrogens is 469 g/mol. The Bertz CT molecular complexity index is 747. The van der Waals surface area contributed by atoms with Gasteiger partial charge in [0, 0.05) is 20.1 Å². The second kappa shape index (κ2) is 10.8. The SMILES string of the molecule is CN=C(NCCS(=O)(=O)c1ccccc1)NCC(C)c1ccsc1.I. The maximum atomic E-state index is 12.2. The molecule has 1 aromatic carbocycles. The van der Waals surface area contributed by atoms with Crippen LogP contribution in [0.5, 0.6) is 0 Å². The van der Waals surface area contributed by atoms with E-state index in [1.165, 1.54) is 5.56 Å². The average Bonchev–Trinajstić information content (AvgIpc) is 3.13. The topological polar surface area (TPSA) is 70.6 Å². The Morgan fingerprint density at radius 3 is 2.52 bits per heavy atom. The summed E-state index contributed by atoms with van der Waals surface area (Å²) in [4.78, 5) is 4.48. The first kappa shape index (κ1) is 21.9. The highest BCUT2D eigenvalue weighted by Gasteiger charge is 2.14. The van der Waals surface area contributed by atoms with Crippen LogP contribution < -0.4 is 10.6 Å². The molecule has 0 spiro atoms. The van der Waals surface area contributed by atoms with Crippen molar-refractivity contribution in [2.24, 2.45) is 4.99 Å². The first-order valence-electron chi connectivity index (χ1n) is 7.77. The maximum Gasteiger partial charge on any atom is 0.191 e. The van der Waals surface area contributed by atoms with Crippen LogP contribution >= 0.6 is 35.3 Å². The molecule has 1 unspecified atom stereocenters. The Hall–Kier alpha value is -1.13. The van der Waals surface area contributed by atoms with Crippen LogP contribution in [0.1, 0.15) is 18.4 Å². The number of rotatable bonds is 7. The molecule has 0 radical (unpaired) electrons. The number of hydrogen-bond donors (Lipinski definition) is 2. The summed E-state index contributed by atoms with van der Waals surface area (Å²) < 4.78 is 24.4. The van der Waals surface area contributed by atoms with Gasteiger partial charge in [-0.3, -0.25) is 4.99 Å². The van der Waals surface area contributed by atoms with E-state index in [4.69, 9.17) is 0 Å². The van der Waals surface area contributed by atoms with Gasteiger partial charge in [0.1, 0.15) is 0 Å². The van der Waals surface area contributed by atoms with E-state index >= 15 is 0 Å². The molecule has 0 aliphatic heterocycles. The lowest BCUT2D eigenvalue weighted by Crippen LogP contribution is -2.41. The molecule has 0 aliphatic carbocycles. The molecule has 0 amide bonds. The fourth-order valence-electron chi connectivity index (χ4n) is 2.19. The number of nitrogens with zero attached hydrogens (tertiary/aromatic N) is 1. The summed E-state index contributed by atoms with van der Waals surface area (Å²) in [7, 11) is -1.60. The Kier molecular flexibility index (Phi) is 9.44. The molecule has 1 heterocycles. The Labute approximate surface area is 170 Å². The van der Waals surface area contributed by atoms with E-state index in [1.807, 2.05) is 0 Å². The van der Waals surface area contributed by atoms with Crippen LogP contribution in [0, 0.1) is 0 Å². The lowest BCUT2D eigenvalue weighted by atomic mass is 10.1. The van der Waals surface area contributed by atoms with Gasteiger partial charge in [-0.2, -0.15) is 11.3 Å². The van der Waals surface area contributed by atoms with Crippen molar-refractivity contribution in [2.45, 2.75) is 17.7 Å². The predicted molar refractivity (Wildman–Crippen MR) is 116 cm³/mol. The third-order valence-corrected chi connectivity index (χ3v) is 6.11. The zero-order valence-electron chi connectivity index (χ0n) is 14.3. The highest BCUT2D eigenvalue weighted by Crippen LogP contribution is 2.16. The van der Waals surface area contributed by atoms with Crippen LogP contribution in [0.25, 0.3) is 0 Å². The number of thiophene rings is 1. The summed E-state index contributed by atoms with van der Waals surface area (Å²) in [6, 6.07) is 10.6. The van der Waals surface area contributed by atoms with Crippen molar-refractivity contribution in [3.63, 3.8) is 0 Å². The molecule has 2 aromatic rings. The number of sulfone groups is 1. The zero-order chi connectivity index (χ0) is 17.4. The fourth-order valence-corrected chi connectivity index (χ4v) is 4.15. The first-order chi connectivity index (χ1) is 11.5. The largest absolute Gasteiger partial charge is 0.356 e. The Morgan fingerprint density at radius 1 is 1.20 bits per heavy atom. The van der Waals surface area contributed by atoms with Crippen molar-refractivity contribution >= 4 is 51.1 Å². The molecule has 8 heteroatoms. The summed E-state index contributed by atoms with van der Waals surface area (Å²) in [5, 5.41) is 10.5. The van der Waals surface area contributed by atoms with Gasteiger partial charge in [0.15, 0.2) is 15.8 Å². The van der Waals surface area contributed by atoms with E-state index in [1.54, 1.807) is 48.7 Å². The minimum Gasteiger partial charge on any atom is -0.356 e. The summed E-state index contributed by atoms with van der Waals surface area (Å²) in [6.45, 7) is 3.19. The molecule has 2 rings (SSSR count). The van der Waals surface area contributed by atoms with Crippen molar-refractivity contribution in [3.8, 4) is 0 Å². The van der Waals surface area contributed by atoms with E-state index in [9.17, 15) is 8.42 Å². The molecule has 25 heavy (non-hydrogen) atoms. The summed E-state index contributed by atoms with van der Waals surface area (Å²) in [5.74, 6) is 1.00. The van der Waals surface area contributed by atoms with E-state index in [0.29, 0.717) is 23.3 Å². The molecule has 1 aromatic heterocycles. The maximum absolute atomic E-state index is 12.2. The molecule has 0 saturated carbocycles. The second-order valence-corrected chi connectivity index (χ2v) is 8.36. The van der Waals surface area contributed by atoms with Crippen molar-refractivity contribution in [1.82, 2.24) is 10.6 Å². The minimum atomic E-state index is -3.27. The van der Waals surface area contributed by atoms with Gasteiger partial charge in [-0.15, -0.1) is 24.0 Å². The highest BCUT2D eigenvalue weighted by atomic mass is 127. The molecule has 0 fully saturated rings. The number of nitrogens with one attached hydrogen (secondary N) is 2. The lowest BCUT2D eigenvalue weighted by molar-refractivity contribution is 0.594. The lowest BCUT2D eigenvalue weighted by Gasteiger charge is -2.15. The molecule has 138 valence electrons. The summed E-state index contributed by atoms with van der Waals surface area (Å²) in [5.41, 5.74) is 1.29. The van der Waals surface area contributed by atoms with Gasteiger partial charge in [0.05, 0.1) is 10.6 Å². The van der Waals surface area contributed by atoms with Gasteiger partial charge >= 0.3 is 0 Å². The Morgan fingerprint density at radius 2 is 1.92 bits per heavy atom. The first-order valence-corrected chi connectivity index (χ1v) is 10.4. The molecule has 2 N–H and O–H groups in total. The third-order valence-electron chi connectivity index (χ3n) is 3.68. The van der Waals surface area contributed by atoms with Crippen LogP contribution in [0.15, 0.2) is 57.0 Å². The molecule has 1 atom stereocenters. The van der Waals surface area contributed by atoms with Crippen LogP contribution in [0.4, 0.5) is 0 Å². The smallest absolute Gasteiger partial charge is 0.191 e. The average molecular weight is 493 g/mol. The molecule has 0 aliphatic rings. The monoisotopic (exact) mass is 493 g/mol. The summed E-state index contributed by atoms with van der Waals surface area (Å²) in [6.07, 6.45) is 0. The molecular formula is C17H24IN3O2S2. The third kappa shape index (κ3) is 6.95. The van der Waals surface area contributed by atoms with Crippen LogP contribution in [-0.4, -0.2) is 40.3 Å². The van der Waals surface area contributed by atoms with Gasteiger partial charge < -0.3 is 10.6 Å². The summed E-state index contributed by atoms with van der Waals surface area (Å²) >= 11 is 1.68. The van der Waals surface area contributed by atoms with Crippen molar-refractivity contribution in [2.75, 3.05) is 25.9 Å². The van der Waals surface area contributed by atoms with Gasteiger partial charge in [-0.1, -0.05) is 25.1 Å². The number of guanidine groups is 1. The van der Waals surface area contributed by atoms with Gasteiger partial charge in [-0.25, -0.2) is 8.42 Å². The number of aliphatic imine (C=N–C) groups is 1. The van der Waals surface area contributed by atoms with E-state index in [0.717, 1.165) is 6.54 Å². The van der Waals surface area contributed by atoms with Crippen LogP contribution in [0.2, 0.25) is 0 Å². The molecule has 0 bridgehead atoms. The molecule has 0 saturated heterocycles. The number of hydrogen-bond acceptors (Lipinski definition) is 4. The quantitative estimate of drug-likeness (QED) is 0.354. The number of benzene rings is 1. The van der Waals surface area contributed by atoms with Crippen LogP contribution in [-0.2, 0) is 9.84 Å². The van der Waals surface area contributed by atoms with Crippen molar-refractivity contribution in [1.29, 1.82) is 0 Å². The van der Waals surface area contributed by atoms with Crippen LogP contribution in [0.3, 0.4) is 0 Å². The van der Waals surface area contributed by atoms with E-state index in [-0.39, 0.29) is 29.7 Å². The van der Waals surface area contributed by atoms with E-state index in [2.05, 4.69) is 39.4 Å². The predicted octanol–water partition coefficient (Wildman–Crippen LogP) is 3.11. The van der Waals surface area contributed by atoms with Crippen molar-refractivity contribution < 1.29 is 8.42 Å². The molecule has 5 nitrogen and oxygen atoms in total. The van der Waals surface area contributed by atoms with Gasteiger partial charge in [0.25, 0.3) is 0 Å². The highest BCUT2D eigenvalue weighted by molar-refractivity contribution is 14.0. The standard InChI is InChI=1S/C17H23N3O2S2.HI/c1-14(15-8-10-23-13-15)12-20-17(18-2)19-9-11-24(21,22)16-6-4-3-5-7-16;/h3-8,10,13-14H,9,11-12H2,1-2H3,(H2,18,19,20);1H. The van der Waals surface area contributed by atoms with Crippen molar-refractivity contribution in [3.05, 3.63) is 52.7 Å². The minimum absolute atomic E-state index is 0. The number of halogens is 1. The Balaban J connectivity index is 0.00000312. The zero-order valence-corrected chi connectivity index (χ0v) is 18.3. The van der Waals surface area contributed by atoms with Gasteiger partial charge in [-0.05, 0) is 40.4 Å². The second-order valence-electron chi connectivity index (χ2n) is 5.47.